The molecule has 0 atom stereocenters. The Kier molecular flexibility index (Phi) is 2.88. The number of carboxylic acid groups (broad SMARTS) is 1. The van der Waals surface area contributed by atoms with Gasteiger partial charge in [0.05, 0.1) is 0 Å². The topological polar surface area (TPSA) is 50.2 Å². The molecule has 1 aromatic carbocycles. The molecule has 0 fully saturated rings. The van der Waals surface area contributed by atoms with Crippen LogP contribution in [0.4, 0.5) is 0 Å². The second kappa shape index (κ2) is 4.33. The molecule has 0 amide bonds. The van der Waals surface area contributed by atoms with Gasteiger partial charge >= 0.3 is 5.97 Å². The van der Waals surface area contributed by atoms with E-state index in [1.165, 1.54) is 6.08 Å². The van der Waals surface area contributed by atoms with Crippen LogP contribution in [0.15, 0.2) is 36.7 Å². The zero-order chi connectivity index (χ0) is 11.5. The van der Waals surface area contributed by atoms with Gasteiger partial charge in [0.25, 0.3) is 0 Å². The van der Waals surface area contributed by atoms with Crippen LogP contribution >= 0.6 is 11.6 Å². The van der Waals surface area contributed by atoms with Gasteiger partial charge in [-0.25, -0.2) is 4.79 Å². The van der Waals surface area contributed by atoms with Gasteiger partial charge in [-0.1, -0.05) is 17.7 Å². The molecule has 0 aliphatic heterocycles. The first-order valence-electron chi connectivity index (χ1n) is 4.62. The number of rotatable bonds is 2. The highest BCUT2D eigenvalue weighted by molar-refractivity contribution is 6.33. The molecule has 1 aromatic heterocycles. The van der Waals surface area contributed by atoms with Crippen molar-refractivity contribution in [3.05, 3.63) is 47.3 Å². The molecule has 0 spiro atoms. The Balaban J connectivity index is 2.66. The molecule has 1 heterocycles. The van der Waals surface area contributed by atoms with Crippen LogP contribution < -0.4 is 0 Å². The van der Waals surface area contributed by atoms with E-state index in [9.17, 15) is 4.79 Å². The minimum Gasteiger partial charge on any atom is -0.478 e. The van der Waals surface area contributed by atoms with E-state index < -0.39 is 5.97 Å². The fourth-order valence-electron chi connectivity index (χ4n) is 1.49. The van der Waals surface area contributed by atoms with Crippen molar-refractivity contribution < 1.29 is 9.90 Å². The highest BCUT2D eigenvalue weighted by Crippen LogP contribution is 2.26. The van der Waals surface area contributed by atoms with E-state index in [1.807, 2.05) is 12.1 Å². The van der Waals surface area contributed by atoms with E-state index in [-0.39, 0.29) is 0 Å². The van der Waals surface area contributed by atoms with Gasteiger partial charge in [-0.15, -0.1) is 0 Å². The molecule has 0 saturated carbocycles. The normalized spacial score (nSPS) is 11.1. The van der Waals surface area contributed by atoms with E-state index in [0.717, 1.165) is 16.8 Å². The Morgan fingerprint density at radius 1 is 1.38 bits per heavy atom. The first kappa shape index (κ1) is 10.6. The lowest BCUT2D eigenvalue weighted by Crippen LogP contribution is -1.87. The summed E-state index contributed by atoms with van der Waals surface area (Å²) in [5.41, 5.74) is 0.698. The summed E-state index contributed by atoms with van der Waals surface area (Å²) in [5, 5.41) is 10.9. The van der Waals surface area contributed by atoms with Crippen molar-refractivity contribution in [1.29, 1.82) is 0 Å². The summed E-state index contributed by atoms with van der Waals surface area (Å²) < 4.78 is 0. The maximum atomic E-state index is 10.5. The molecule has 0 bridgehead atoms. The number of aromatic nitrogens is 1. The third-order valence-electron chi connectivity index (χ3n) is 2.20. The quantitative estimate of drug-likeness (QED) is 0.812. The van der Waals surface area contributed by atoms with Crippen LogP contribution in [0, 0.1) is 0 Å². The highest BCUT2D eigenvalue weighted by Gasteiger charge is 2.03. The van der Waals surface area contributed by atoms with Crippen LogP contribution in [0.5, 0.6) is 0 Å². The number of nitrogens with zero attached hydrogens (tertiary/aromatic N) is 1. The summed E-state index contributed by atoms with van der Waals surface area (Å²) in [6.07, 6.45) is 5.93. The van der Waals surface area contributed by atoms with Crippen molar-refractivity contribution in [3.63, 3.8) is 0 Å². The van der Waals surface area contributed by atoms with Crippen molar-refractivity contribution in [3.8, 4) is 0 Å². The predicted molar refractivity (Wildman–Crippen MR) is 63.4 cm³/mol. The van der Waals surface area contributed by atoms with Crippen LogP contribution in [-0.2, 0) is 4.79 Å². The van der Waals surface area contributed by atoms with Crippen LogP contribution in [0.3, 0.4) is 0 Å². The monoisotopic (exact) mass is 233 g/mol. The Hall–Kier alpha value is -1.87. The second-order valence-electron chi connectivity index (χ2n) is 3.23. The number of hydrogen-bond acceptors (Lipinski definition) is 2. The average molecular weight is 234 g/mol. The predicted octanol–water partition coefficient (Wildman–Crippen LogP) is 2.99. The van der Waals surface area contributed by atoms with Gasteiger partial charge in [0, 0.05) is 34.4 Å². The summed E-state index contributed by atoms with van der Waals surface area (Å²) in [4.78, 5) is 14.5. The summed E-state index contributed by atoms with van der Waals surface area (Å²) in [6.45, 7) is 0. The SMILES string of the molecule is O=C(O)/C=C/c1c(Cl)ccc2cnccc12. The highest BCUT2D eigenvalue weighted by atomic mass is 35.5. The van der Waals surface area contributed by atoms with Gasteiger partial charge < -0.3 is 5.11 Å². The smallest absolute Gasteiger partial charge is 0.328 e. The molecule has 0 radical (unpaired) electrons. The maximum absolute atomic E-state index is 10.5. The lowest BCUT2D eigenvalue weighted by molar-refractivity contribution is -0.131. The first-order valence-corrected chi connectivity index (χ1v) is 4.99. The van der Waals surface area contributed by atoms with Crippen LogP contribution in [-0.4, -0.2) is 16.1 Å². The van der Waals surface area contributed by atoms with E-state index in [2.05, 4.69) is 4.98 Å². The Morgan fingerprint density at radius 3 is 2.94 bits per heavy atom. The third-order valence-corrected chi connectivity index (χ3v) is 2.53. The van der Waals surface area contributed by atoms with Crippen LogP contribution in [0.1, 0.15) is 5.56 Å². The first-order chi connectivity index (χ1) is 7.68. The summed E-state index contributed by atoms with van der Waals surface area (Å²) >= 11 is 6.02. The van der Waals surface area contributed by atoms with Crippen molar-refractivity contribution in [2.24, 2.45) is 0 Å². The molecule has 0 unspecified atom stereocenters. The number of carboxylic acids is 1. The number of benzene rings is 1. The van der Waals surface area contributed by atoms with Gasteiger partial charge in [-0.3, -0.25) is 4.98 Å². The second-order valence-corrected chi connectivity index (χ2v) is 3.64. The average Bonchev–Trinajstić information content (AvgIpc) is 2.27. The molecular formula is C12H8ClNO2. The van der Waals surface area contributed by atoms with E-state index in [4.69, 9.17) is 16.7 Å². The van der Waals surface area contributed by atoms with Gasteiger partial charge in [-0.05, 0) is 23.6 Å². The van der Waals surface area contributed by atoms with Crippen molar-refractivity contribution in [2.75, 3.05) is 0 Å². The molecule has 2 rings (SSSR count). The summed E-state index contributed by atoms with van der Waals surface area (Å²) in [6, 6.07) is 5.39. The molecule has 3 nitrogen and oxygen atoms in total. The van der Waals surface area contributed by atoms with Crippen molar-refractivity contribution in [2.45, 2.75) is 0 Å². The van der Waals surface area contributed by atoms with E-state index >= 15 is 0 Å². The van der Waals surface area contributed by atoms with Gasteiger partial charge in [0.2, 0.25) is 0 Å². The Bertz CT molecular complexity index is 578. The number of hydrogen-bond donors (Lipinski definition) is 1. The molecule has 0 aliphatic rings. The molecule has 1 N–H and O–H groups in total. The Morgan fingerprint density at radius 2 is 2.19 bits per heavy atom. The number of carbonyl (C=O) groups is 1. The summed E-state index contributed by atoms with van der Waals surface area (Å²) in [7, 11) is 0. The van der Waals surface area contributed by atoms with Gasteiger partial charge in [-0.2, -0.15) is 0 Å². The zero-order valence-corrected chi connectivity index (χ0v) is 8.98. The van der Waals surface area contributed by atoms with Gasteiger partial charge in [0.1, 0.15) is 0 Å². The molecule has 80 valence electrons. The number of aliphatic carboxylic acids is 1. The molecule has 4 heteroatoms. The summed E-state index contributed by atoms with van der Waals surface area (Å²) in [5.74, 6) is -0.998. The van der Waals surface area contributed by atoms with E-state index in [1.54, 1.807) is 18.5 Å². The fraction of sp³-hybridized carbons (Fsp3) is 0. The molecular weight excluding hydrogens is 226 g/mol. The number of fused-ring (bicyclic) bond motifs is 1. The minimum absolute atomic E-state index is 0.524. The van der Waals surface area contributed by atoms with Gasteiger partial charge in [0.15, 0.2) is 0 Å². The lowest BCUT2D eigenvalue weighted by Gasteiger charge is -2.03. The third kappa shape index (κ3) is 2.04. The fourth-order valence-corrected chi connectivity index (χ4v) is 1.72. The number of halogens is 1. The zero-order valence-electron chi connectivity index (χ0n) is 8.22. The molecule has 0 aliphatic carbocycles. The molecule has 0 saturated heterocycles. The van der Waals surface area contributed by atoms with Crippen LogP contribution in [0.2, 0.25) is 5.02 Å². The maximum Gasteiger partial charge on any atom is 0.328 e. The standard InChI is InChI=1S/C12H8ClNO2/c13-11-3-1-8-7-14-6-5-9(8)10(11)2-4-12(15)16/h1-7H,(H,15,16)/b4-2+. The van der Waals surface area contributed by atoms with Crippen molar-refractivity contribution in [1.82, 2.24) is 4.98 Å². The van der Waals surface area contributed by atoms with Crippen LogP contribution in [0.25, 0.3) is 16.8 Å². The lowest BCUT2D eigenvalue weighted by atomic mass is 10.1. The Labute approximate surface area is 97.0 Å². The molecule has 2 aromatic rings. The number of pyridine rings is 1. The largest absolute Gasteiger partial charge is 0.478 e. The van der Waals surface area contributed by atoms with E-state index in [0.29, 0.717) is 10.6 Å². The van der Waals surface area contributed by atoms with Crippen molar-refractivity contribution >= 4 is 34.4 Å². The molecule has 16 heavy (non-hydrogen) atoms. The minimum atomic E-state index is -0.998.